The number of rotatable bonds is 5. The molecule has 0 aliphatic carbocycles. The van der Waals surface area contributed by atoms with Gasteiger partial charge in [-0.3, -0.25) is 4.98 Å². The molecule has 0 saturated carbocycles. The highest BCUT2D eigenvalue weighted by atomic mass is 32.2. The molecule has 20 heavy (non-hydrogen) atoms. The molecule has 106 valence electrons. The van der Waals surface area contributed by atoms with Crippen LogP contribution in [0.1, 0.15) is 11.3 Å². The molecule has 0 radical (unpaired) electrons. The second-order valence-corrected chi connectivity index (χ2v) is 5.29. The first-order valence-corrected chi connectivity index (χ1v) is 7.19. The fourth-order valence-electron chi connectivity index (χ4n) is 1.88. The fourth-order valence-corrected chi connectivity index (χ4v) is 2.87. The summed E-state index contributed by atoms with van der Waals surface area (Å²) in [6.45, 7) is 2.00. The van der Waals surface area contributed by atoms with Crippen LogP contribution < -0.4 is 15.2 Å². The highest BCUT2D eigenvalue weighted by molar-refractivity contribution is 7.98. The zero-order valence-electron chi connectivity index (χ0n) is 11.8. The Morgan fingerprint density at radius 2 is 2.00 bits per heavy atom. The molecular formula is C15H18N2O2S. The summed E-state index contributed by atoms with van der Waals surface area (Å²) < 4.78 is 10.7. The van der Waals surface area contributed by atoms with Gasteiger partial charge in [-0.2, -0.15) is 0 Å². The van der Waals surface area contributed by atoms with Gasteiger partial charge in [-0.1, -0.05) is 12.1 Å². The van der Waals surface area contributed by atoms with Gasteiger partial charge in [0.2, 0.25) is 0 Å². The number of hydrogen-bond acceptors (Lipinski definition) is 5. The molecule has 2 aromatic rings. The Labute approximate surface area is 123 Å². The third kappa shape index (κ3) is 2.99. The van der Waals surface area contributed by atoms with E-state index >= 15 is 0 Å². The average molecular weight is 290 g/mol. The van der Waals surface area contributed by atoms with Crippen LogP contribution in [0.15, 0.2) is 35.4 Å². The Morgan fingerprint density at radius 1 is 1.20 bits per heavy atom. The maximum Gasteiger partial charge on any atom is 0.183 e. The Kier molecular flexibility index (Phi) is 4.74. The third-order valence-corrected chi connectivity index (χ3v) is 4.10. The number of thioether (sulfide) groups is 1. The Morgan fingerprint density at radius 3 is 2.70 bits per heavy atom. The SMILES string of the molecule is COc1ccnc(CSc2cccc(C)c2N)c1OC. The topological polar surface area (TPSA) is 57.4 Å². The van der Waals surface area contributed by atoms with Crippen LogP contribution in [0.2, 0.25) is 0 Å². The third-order valence-electron chi connectivity index (χ3n) is 3.01. The van der Waals surface area contributed by atoms with Crippen molar-refractivity contribution in [2.24, 2.45) is 0 Å². The summed E-state index contributed by atoms with van der Waals surface area (Å²) in [5.41, 5.74) is 8.82. The molecule has 0 unspecified atom stereocenters. The largest absolute Gasteiger partial charge is 0.493 e. The van der Waals surface area contributed by atoms with Crippen molar-refractivity contribution < 1.29 is 9.47 Å². The number of anilines is 1. The van der Waals surface area contributed by atoms with Gasteiger partial charge in [0.05, 0.1) is 19.9 Å². The smallest absolute Gasteiger partial charge is 0.183 e. The first-order chi connectivity index (χ1) is 9.67. The maximum atomic E-state index is 6.08. The number of nitrogens with zero attached hydrogens (tertiary/aromatic N) is 1. The summed E-state index contributed by atoms with van der Waals surface area (Å²) in [4.78, 5) is 5.41. The molecule has 0 fully saturated rings. The van der Waals surface area contributed by atoms with Crippen LogP contribution in [-0.2, 0) is 5.75 Å². The quantitative estimate of drug-likeness (QED) is 0.676. The van der Waals surface area contributed by atoms with Crippen LogP contribution in [-0.4, -0.2) is 19.2 Å². The van der Waals surface area contributed by atoms with E-state index in [9.17, 15) is 0 Å². The van der Waals surface area contributed by atoms with Gasteiger partial charge in [-0.05, 0) is 18.6 Å². The van der Waals surface area contributed by atoms with Gasteiger partial charge in [0.1, 0.15) is 0 Å². The highest BCUT2D eigenvalue weighted by Crippen LogP contribution is 2.35. The molecule has 5 heteroatoms. The molecule has 1 aromatic carbocycles. The van der Waals surface area contributed by atoms with E-state index < -0.39 is 0 Å². The van der Waals surface area contributed by atoms with Gasteiger partial charge in [0.15, 0.2) is 11.5 Å². The van der Waals surface area contributed by atoms with Gasteiger partial charge in [-0.25, -0.2) is 0 Å². The van der Waals surface area contributed by atoms with Crippen molar-refractivity contribution in [3.8, 4) is 11.5 Å². The summed E-state index contributed by atoms with van der Waals surface area (Å²) in [6.07, 6.45) is 1.72. The van der Waals surface area contributed by atoms with Gasteiger partial charge >= 0.3 is 0 Å². The standard InChI is InChI=1S/C15H18N2O2S/c1-10-5-4-6-13(14(10)16)20-9-11-15(19-3)12(18-2)7-8-17-11/h4-8H,9,16H2,1-3H3. The molecule has 0 amide bonds. The number of pyridine rings is 1. The predicted molar refractivity (Wildman–Crippen MR) is 82.5 cm³/mol. The van der Waals surface area contributed by atoms with Crippen molar-refractivity contribution in [2.75, 3.05) is 20.0 Å². The molecule has 0 atom stereocenters. The second-order valence-electron chi connectivity index (χ2n) is 4.27. The number of aromatic nitrogens is 1. The zero-order chi connectivity index (χ0) is 14.5. The van der Waals surface area contributed by atoms with Gasteiger partial charge in [0.25, 0.3) is 0 Å². The van der Waals surface area contributed by atoms with Crippen molar-refractivity contribution in [3.63, 3.8) is 0 Å². The van der Waals surface area contributed by atoms with E-state index in [0.29, 0.717) is 17.3 Å². The number of para-hydroxylation sites is 1. The number of methoxy groups -OCH3 is 2. The van der Waals surface area contributed by atoms with E-state index in [1.54, 1.807) is 38.2 Å². The first kappa shape index (κ1) is 14.5. The molecule has 1 heterocycles. The summed E-state index contributed by atoms with van der Waals surface area (Å²) in [5.74, 6) is 2.04. The lowest BCUT2D eigenvalue weighted by Gasteiger charge is -2.12. The summed E-state index contributed by atoms with van der Waals surface area (Å²) in [7, 11) is 3.24. The number of nitrogen functional groups attached to an aromatic ring is 1. The van der Waals surface area contributed by atoms with E-state index in [-0.39, 0.29) is 0 Å². The van der Waals surface area contributed by atoms with Crippen molar-refractivity contribution in [3.05, 3.63) is 41.7 Å². The maximum absolute atomic E-state index is 6.08. The minimum absolute atomic E-state index is 0.675. The van der Waals surface area contributed by atoms with E-state index in [2.05, 4.69) is 4.98 Å². The van der Waals surface area contributed by atoms with Crippen LogP contribution in [0.4, 0.5) is 5.69 Å². The Hall–Kier alpha value is -1.88. The van der Waals surface area contributed by atoms with Crippen LogP contribution in [0.5, 0.6) is 11.5 Å². The van der Waals surface area contributed by atoms with E-state index in [4.69, 9.17) is 15.2 Å². The number of aryl methyl sites for hydroxylation is 1. The molecule has 0 spiro atoms. The summed E-state index contributed by atoms with van der Waals surface area (Å²) in [5, 5.41) is 0. The van der Waals surface area contributed by atoms with Gasteiger partial charge in [0, 0.05) is 28.6 Å². The first-order valence-electron chi connectivity index (χ1n) is 6.21. The van der Waals surface area contributed by atoms with Gasteiger partial charge < -0.3 is 15.2 Å². The average Bonchev–Trinajstić information content (AvgIpc) is 2.48. The molecule has 2 N–H and O–H groups in total. The summed E-state index contributed by atoms with van der Waals surface area (Å²) in [6, 6.07) is 7.81. The summed E-state index contributed by atoms with van der Waals surface area (Å²) >= 11 is 1.64. The molecule has 1 aromatic heterocycles. The highest BCUT2D eigenvalue weighted by Gasteiger charge is 2.12. The number of nitrogens with two attached hydrogens (primary N) is 1. The lowest BCUT2D eigenvalue weighted by Crippen LogP contribution is -1.98. The van der Waals surface area contributed by atoms with Crippen molar-refractivity contribution in [1.29, 1.82) is 0 Å². The Balaban J connectivity index is 2.21. The second kappa shape index (κ2) is 6.52. The normalized spacial score (nSPS) is 10.3. The monoisotopic (exact) mass is 290 g/mol. The van der Waals surface area contributed by atoms with E-state index in [0.717, 1.165) is 21.8 Å². The minimum Gasteiger partial charge on any atom is -0.493 e. The Bertz CT molecular complexity index is 602. The van der Waals surface area contributed by atoms with Crippen LogP contribution >= 0.6 is 11.8 Å². The molecule has 0 aliphatic rings. The predicted octanol–water partition coefficient (Wildman–Crippen LogP) is 3.28. The molecular weight excluding hydrogens is 272 g/mol. The van der Waals surface area contributed by atoms with Crippen molar-refractivity contribution in [2.45, 2.75) is 17.6 Å². The number of hydrogen-bond donors (Lipinski definition) is 1. The molecule has 0 bridgehead atoms. The van der Waals surface area contributed by atoms with E-state index in [1.165, 1.54) is 0 Å². The molecule has 0 aliphatic heterocycles. The number of benzene rings is 1. The van der Waals surface area contributed by atoms with Crippen LogP contribution in [0.3, 0.4) is 0 Å². The fraction of sp³-hybridized carbons (Fsp3) is 0.267. The van der Waals surface area contributed by atoms with Crippen LogP contribution in [0, 0.1) is 6.92 Å². The van der Waals surface area contributed by atoms with Crippen LogP contribution in [0.25, 0.3) is 0 Å². The molecule has 0 saturated heterocycles. The lowest BCUT2D eigenvalue weighted by molar-refractivity contribution is 0.350. The van der Waals surface area contributed by atoms with Crippen molar-refractivity contribution >= 4 is 17.4 Å². The van der Waals surface area contributed by atoms with Crippen molar-refractivity contribution in [1.82, 2.24) is 4.98 Å². The lowest BCUT2D eigenvalue weighted by atomic mass is 10.2. The minimum atomic E-state index is 0.675. The van der Waals surface area contributed by atoms with Gasteiger partial charge in [-0.15, -0.1) is 11.8 Å². The molecule has 4 nitrogen and oxygen atoms in total. The van der Waals surface area contributed by atoms with E-state index in [1.807, 2.05) is 25.1 Å². The molecule has 2 rings (SSSR count). The number of ether oxygens (including phenoxy) is 2. The zero-order valence-corrected chi connectivity index (χ0v) is 12.7.